The average Bonchev–Trinajstić information content (AvgIpc) is 3.08. The summed E-state index contributed by atoms with van der Waals surface area (Å²) < 4.78 is 32.5. The van der Waals surface area contributed by atoms with Gasteiger partial charge in [-0.15, -0.1) is 0 Å². The maximum atomic E-state index is 12.4. The Bertz CT molecular complexity index is 915. The van der Waals surface area contributed by atoms with Gasteiger partial charge in [-0.3, -0.25) is 0 Å². The van der Waals surface area contributed by atoms with Crippen molar-refractivity contribution in [3.63, 3.8) is 0 Å². The lowest BCUT2D eigenvalue weighted by Crippen LogP contribution is -2.38. The number of rotatable bonds is 5. The van der Waals surface area contributed by atoms with Crippen molar-refractivity contribution >= 4 is 20.8 Å². The summed E-state index contributed by atoms with van der Waals surface area (Å²) in [5, 5.41) is 12.1. The summed E-state index contributed by atoms with van der Waals surface area (Å²) in [6.45, 7) is 1.31. The molecule has 2 N–H and O–H groups in total. The molecule has 23 heavy (non-hydrogen) atoms. The zero-order chi connectivity index (χ0) is 16.5. The molecule has 0 amide bonds. The first kappa shape index (κ1) is 15.7. The van der Waals surface area contributed by atoms with E-state index in [1.54, 1.807) is 30.3 Å². The number of nitrogens with one attached hydrogen (secondary N) is 1. The minimum Gasteiger partial charge on any atom is -0.466 e. The molecule has 0 saturated carbocycles. The molecular weight excluding hydrogens is 314 g/mol. The third kappa shape index (κ3) is 3.29. The molecule has 0 aliphatic heterocycles. The number of fused-ring (bicyclic) bond motifs is 1. The van der Waals surface area contributed by atoms with E-state index < -0.39 is 15.6 Å². The van der Waals surface area contributed by atoms with Crippen LogP contribution in [0.25, 0.3) is 10.8 Å². The van der Waals surface area contributed by atoms with Gasteiger partial charge in [-0.25, -0.2) is 13.1 Å². The van der Waals surface area contributed by atoms with E-state index in [9.17, 15) is 13.5 Å². The first-order valence-corrected chi connectivity index (χ1v) is 8.62. The molecule has 3 aromatic rings. The molecule has 3 rings (SSSR count). The van der Waals surface area contributed by atoms with Crippen molar-refractivity contribution < 1.29 is 17.9 Å². The smallest absolute Gasteiger partial charge is 0.240 e. The Kier molecular flexibility index (Phi) is 3.97. The van der Waals surface area contributed by atoms with Gasteiger partial charge in [-0.05, 0) is 42.0 Å². The molecule has 2 aromatic carbocycles. The predicted octanol–water partition coefficient (Wildman–Crippen LogP) is 2.62. The van der Waals surface area contributed by atoms with Gasteiger partial charge in [0.1, 0.15) is 11.4 Å². The quantitative estimate of drug-likeness (QED) is 0.753. The topological polar surface area (TPSA) is 79.5 Å². The second-order valence-corrected chi connectivity index (χ2v) is 7.35. The fourth-order valence-corrected chi connectivity index (χ4v) is 3.49. The zero-order valence-electron chi connectivity index (χ0n) is 12.6. The number of sulfonamides is 1. The van der Waals surface area contributed by atoms with E-state index in [0.717, 1.165) is 10.8 Å². The Morgan fingerprint density at radius 1 is 1.09 bits per heavy atom. The van der Waals surface area contributed by atoms with Crippen molar-refractivity contribution in [1.29, 1.82) is 0 Å². The molecule has 1 atom stereocenters. The molecule has 0 aliphatic carbocycles. The summed E-state index contributed by atoms with van der Waals surface area (Å²) in [6, 6.07) is 15.7. The Balaban J connectivity index is 1.83. The monoisotopic (exact) mass is 331 g/mol. The van der Waals surface area contributed by atoms with Crippen LogP contribution in [0.3, 0.4) is 0 Å². The Labute approximate surface area is 134 Å². The summed E-state index contributed by atoms with van der Waals surface area (Å²) in [5.41, 5.74) is -1.42. The molecule has 1 aromatic heterocycles. The molecule has 1 unspecified atom stereocenters. The molecule has 0 fully saturated rings. The summed E-state index contributed by atoms with van der Waals surface area (Å²) in [6.07, 6.45) is 1.43. The summed E-state index contributed by atoms with van der Waals surface area (Å²) >= 11 is 0. The van der Waals surface area contributed by atoms with Crippen LogP contribution < -0.4 is 4.72 Å². The van der Waals surface area contributed by atoms with Gasteiger partial charge in [0.2, 0.25) is 10.0 Å². The number of benzene rings is 2. The molecule has 120 valence electrons. The van der Waals surface area contributed by atoms with Crippen molar-refractivity contribution in [2.24, 2.45) is 0 Å². The van der Waals surface area contributed by atoms with Gasteiger partial charge in [0, 0.05) is 6.54 Å². The van der Waals surface area contributed by atoms with Gasteiger partial charge in [-0.1, -0.05) is 30.3 Å². The highest BCUT2D eigenvalue weighted by Crippen LogP contribution is 2.22. The van der Waals surface area contributed by atoms with Crippen LogP contribution in [-0.4, -0.2) is 20.1 Å². The van der Waals surface area contributed by atoms with Crippen molar-refractivity contribution in [3.05, 3.63) is 66.6 Å². The van der Waals surface area contributed by atoms with E-state index in [1.165, 1.54) is 13.2 Å². The molecule has 0 saturated heterocycles. The van der Waals surface area contributed by atoms with Crippen LogP contribution >= 0.6 is 0 Å². The summed E-state index contributed by atoms with van der Waals surface area (Å²) in [7, 11) is -3.73. The zero-order valence-corrected chi connectivity index (χ0v) is 13.4. The molecule has 6 heteroatoms. The Hall–Kier alpha value is -2.15. The third-order valence-electron chi connectivity index (χ3n) is 3.69. The highest BCUT2D eigenvalue weighted by atomic mass is 32.2. The fourth-order valence-electron chi connectivity index (χ4n) is 2.33. The average molecular weight is 331 g/mol. The first-order chi connectivity index (χ1) is 10.9. The van der Waals surface area contributed by atoms with Crippen molar-refractivity contribution in [1.82, 2.24) is 4.72 Å². The van der Waals surface area contributed by atoms with E-state index in [1.807, 2.05) is 24.3 Å². The van der Waals surface area contributed by atoms with Crippen LogP contribution in [0.2, 0.25) is 0 Å². The summed E-state index contributed by atoms with van der Waals surface area (Å²) in [4.78, 5) is 0.159. The summed E-state index contributed by atoms with van der Waals surface area (Å²) in [5.74, 6) is 0.304. The van der Waals surface area contributed by atoms with Crippen LogP contribution in [0.4, 0.5) is 0 Å². The first-order valence-electron chi connectivity index (χ1n) is 7.13. The molecule has 5 nitrogen and oxygen atoms in total. The van der Waals surface area contributed by atoms with Crippen molar-refractivity contribution in [2.45, 2.75) is 17.4 Å². The highest BCUT2D eigenvalue weighted by molar-refractivity contribution is 7.89. The van der Waals surface area contributed by atoms with E-state index in [0.29, 0.717) is 5.76 Å². The van der Waals surface area contributed by atoms with Gasteiger partial charge < -0.3 is 9.52 Å². The normalized spacial score (nSPS) is 14.7. The van der Waals surface area contributed by atoms with Gasteiger partial charge in [0.15, 0.2) is 0 Å². The van der Waals surface area contributed by atoms with E-state index in [-0.39, 0.29) is 11.4 Å². The molecular formula is C17H17NO4S. The molecule has 0 bridgehead atoms. The highest BCUT2D eigenvalue weighted by Gasteiger charge is 2.28. The van der Waals surface area contributed by atoms with Crippen LogP contribution in [0.1, 0.15) is 12.7 Å². The van der Waals surface area contributed by atoms with Crippen molar-refractivity contribution in [2.75, 3.05) is 6.54 Å². The lowest BCUT2D eigenvalue weighted by atomic mass is 10.1. The second-order valence-electron chi connectivity index (χ2n) is 5.58. The molecule has 0 spiro atoms. The van der Waals surface area contributed by atoms with E-state index in [2.05, 4.69) is 4.72 Å². The van der Waals surface area contributed by atoms with Gasteiger partial charge in [0.25, 0.3) is 0 Å². The lowest BCUT2D eigenvalue weighted by Gasteiger charge is -2.21. The predicted molar refractivity (Wildman–Crippen MR) is 87.4 cm³/mol. The Morgan fingerprint density at radius 3 is 2.52 bits per heavy atom. The van der Waals surface area contributed by atoms with Gasteiger partial charge >= 0.3 is 0 Å². The third-order valence-corrected chi connectivity index (χ3v) is 5.09. The maximum absolute atomic E-state index is 12.4. The van der Waals surface area contributed by atoms with Crippen LogP contribution in [-0.2, 0) is 15.6 Å². The van der Waals surface area contributed by atoms with Crippen LogP contribution in [0.15, 0.2) is 70.2 Å². The van der Waals surface area contributed by atoms with Crippen molar-refractivity contribution in [3.8, 4) is 0 Å². The van der Waals surface area contributed by atoms with Gasteiger partial charge in [0.05, 0.1) is 11.2 Å². The van der Waals surface area contributed by atoms with E-state index in [4.69, 9.17) is 4.42 Å². The second kappa shape index (κ2) is 5.81. The number of hydrogen-bond acceptors (Lipinski definition) is 4. The number of furan rings is 1. The molecule has 0 aliphatic rings. The standard InChI is InChI=1S/C17H17NO4S/c1-17(19,16-7-4-10-22-16)12-18-23(20,21)15-9-8-13-5-2-3-6-14(13)11-15/h2-11,18-19H,12H2,1H3. The van der Waals surface area contributed by atoms with Gasteiger partial charge in [-0.2, -0.15) is 0 Å². The minimum atomic E-state index is -3.73. The SMILES string of the molecule is CC(O)(CNS(=O)(=O)c1ccc2ccccc2c1)c1ccco1. The molecule has 1 heterocycles. The fraction of sp³-hybridized carbons (Fsp3) is 0.176. The van der Waals surface area contributed by atoms with Crippen LogP contribution in [0, 0.1) is 0 Å². The van der Waals surface area contributed by atoms with Crippen LogP contribution in [0.5, 0.6) is 0 Å². The molecule has 0 radical (unpaired) electrons. The largest absolute Gasteiger partial charge is 0.466 e. The Morgan fingerprint density at radius 2 is 1.83 bits per heavy atom. The maximum Gasteiger partial charge on any atom is 0.240 e. The lowest BCUT2D eigenvalue weighted by molar-refractivity contribution is 0.0395. The number of hydrogen-bond donors (Lipinski definition) is 2. The number of aliphatic hydroxyl groups is 1. The minimum absolute atomic E-state index is 0.159. The van der Waals surface area contributed by atoms with E-state index >= 15 is 0 Å².